The Labute approximate surface area is 450 Å². The van der Waals surface area contributed by atoms with Gasteiger partial charge in [-0.05, 0) is 87.0 Å². The molecule has 0 aliphatic carbocycles. The Morgan fingerprint density at radius 2 is 1.05 bits per heavy atom. The fourth-order valence-corrected chi connectivity index (χ4v) is 9.94. The van der Waals surface area contributed by atoms with E-state index in [2.05, 4.69) is 111 Å². The molecule has 8 atom stereocenters. The largest absolute Gasteiger partial charge is 0.387 e. The van der Waals surface area contributed by atoms with Crippen molar-refractivity contribution in [3.63, 3.8) is 0 Å². The van der Waals surface area contributed by atoms with Crippen molar-refractivity contribution in [3.8, 4) is 0 Å². The number of nitrogen functional groups attached to an aromatic ring is 2. The topological polar surface area (TPSA) is 281 Å². The monoisotopic (exact) mass is 1060 g/mol. The van der Waals surface area contributed by atoms with Crippen LogP contribution in [-0.4, -0.2) is 167 Å². The molecule has 77 heavy (non-hydrogen) atoms. The van der Waals surface area contributed by atoms with Crippen LogP contribution in [0.15, 0.2) is 73.8 Å². The van der Waals surface area contributed by atoms with Gasteiger partial charge < -0.3 is 61.1 Å². The summed E-state index contributed by atoms with van der Waals surface area (Å²) in [4.78, 5) is 54.1. The van der Waals surface area contributed by atoms with Gasteiger partial charge in [0, 0.05) is 26.2 Å². The van der Waals surface area contributed by atoms with Crippen LogP contribution in [0.5, 0.6) is 0 Å². The highest BCUT2D eigenvalue weighted by Gasteiger charge is 2.56. The normalized spacial score (nSPS) is 23.1. The van der Waals surface area contributed by atoms with Crippen LogP contribution in [0.3, 0.4) is 0 Å². The number of nitrogens with two attached hydrogens (primary N) is 2. The average molecular weight is 1060 g/mol. The summed E-state index contributed by atoms with van der Waals surface area (Å²) in [5.74, 6) is -0.145. The molecule has 8 N–H and O–H groups in total. The van der Waals surface area contributed by atoms with Crippen molar-refractivity contribution in [2.45, 2.75) is 147 Å². The molecule has 0 bridgehead atoms. The lowest BCUT2D eigenvalue weighted by Crippen LogP contribution is -2.39. The van der Waals surface area contributed by atoms with Crippen molar-refractivity contribution in [1.82, 2.24) is 59.5 Å². The van der Waals surface area contributed by atoms with Crippen LogP contribution in [0, 0.1) is 0 Å². The zero-order valence-corrected chi connectivity index (χ0v) is 46.1. The maximum Gasteiger partial charge on any atom is 0.224 e. The number of fused-ring (bicyclic) bond motifs is 3. The van der Waals surface area contributed by atoms with E-state index in [1.807, 2.05) is 61.7 Å². The van der Waals surface area contributed by atoms with Crippen LogP contribution in [-0.2, 0) is 52.2 Å². The lowest BCUT2D eigenvalue weighted by atomic mass is 9.86. The number of carbonyl (C=O) groups excluding carboxylic acids is 2. The quantitative estimate of drug-likeness (QED) is 0.0668. The first-order valence-electron chi connectivity index (χ1n) is 26.4. The molecule has 9 rings (SSSR count). The van der Waals surface area contributed by atoms with E-state index in [9.17, 15) is 19.8 Å². The zero-order valence-electron chi connectivity index (χ0n) is 46.1. The summed E-state index contributed by atoms with van der Waals surface area (Å²) in [6.45, 7) is 20.6. The Balaban J connectivity index is 0.000000204. The molecule has 416 valence electrons. The fourth-order valence-electron chi connectivity index (χ4n) is 9.94. The smallest absolute Gasteiger partial charge is 0.224 e. The number of ether oxygens (including phenoxy) is 4. The second-order valence-electron chi connectivity index (χ2n) is 23.0. The number of hydrogen-bond donors (Lipinski definition) is 6. The molecule has 0 saturated carbocycles. The van der Waals surface area contributed by atoms with E-state index in [1.165, 1.54) is 30.1 Å². The molecular formula is C55H78N14O8. The van der Waals surface area contributed by atoms with Gasteiger partial charge in [-0.1, -0.05) is 90.1 Å². The summed E-state index contributed by atoms with van der Waals surface area (Å²) in [5.41, 5.74) is 18.5. The number of aliphatic hydroxyl groups is 2. The van der Waals surface area contributed by atoms with Crippen LogP contribution in [0.2, 0.25) is 0 Å². The zero-order chi connectivity index (χ0) is 55.4. The molecule has 2 amide bonds. The molecule has 0 unspecified atom stereocenters. The second kappa shape index (κ2) is 23.8. The predicted molar refractivity (Wildman–Crippen MR) is 291 cm³/mol. The number of anilines is 2. The van der Waals surface area contributed by atoms with Crippen LogP contribution in [0.4, 0.5) is 11.6 Å². The molecule has 4 aromatic heterocycles. The van der Waals surface area contributed by atoms with Crippen molar-refractivity contribution in [2.75, 3.05) is 64.8 Å². The highest BCUT2D eigenvalue weighted by molar-refractivity contribution is 5.82. The second-order valence-corrected chi connectivity index (χ2v) is 23.0. The molecule has 7 heterocycles. The first-order valence-corrected chi connectivity index (χ1v) is 26.4. The molecule has 3 saturated heterocycles. The number of imidazole rings is 2. The standard InChI is InChI=1S/C29H41N7O4.C26H37N7O4/c1-28(2,3)19-10-8-18(9-11-19)14-21(37)31-12-7-13-35(6)15-20-23-24(40-29(4,5)39-23)27(38-20)36-17-34-22-25(30)32-16-33-26(22)36;1-26(2,3)17-8-6-16(7-9-17)12-19(34)28-10-5-11-32(4)13-18-21(35)22(36)25(37-18)33-15-31-20-23(27)29-14-30-24(20)33/h8-11,16-17,20,23-24,27H,7,12-15H2,1-6H3,(H,31,37)(H2,30,32,33);6-9,14-15,18,21-22,25,35-36H,5,10-13H2,1-4H3,(H,28,34)(H2,27,29,30)/t20-,23-,24-,27-;18-,21-,22-,25-/m11/s1. The fraction of sp³-hybridized carbons (Fsp3) is 0.564. The molecule has 3 aliphatic rings. The minimum Gasteiger partial charge on any atom is -0.387 e. The van der Waals surface area contributed by atoms with Gasteiger partial charge in [0.2, 0.25) is 11.8 Å². The summed E-state index contributed by atoms with van der Waals surface area (Å²) in [5, 5.41) is 27.2. The lowest BCUT2D eigenvalue weighted by Gasteiger charge is -2.27. The molecule has 22 nitrogen and oxygen atoms in total. The van der Waals surface area contributed by atoms with Gasteiger partial charge in [0.1, 0.15) is 60.3 Å². The van der Waals surface area contributed by atoms with E-state index >= 15 is 0 Å². The molecular weight excluding hydrogens is 985 g/mol. The number of carbonyl (C=O) groups is 2. The minimum absolute atomic E-state index is 0.0105. The molecule has 22 heteroatoms. The van der Waals surface area contributed by atoms with E-state index in [4.69, 9.17) is 30.4 Å². The number of nitrogens with one attached hydrogen (secondary N) is 2. The Morgan fingerprint density at radius 1 is 0.623 bits per heavy atom. The van der Waals surface area contributed by atoms with Crippen molar-refractivity contribution >= 4 is 45.8 Å². The van der Waals surface area contributed by atoms with Crippen molar-refractivity contribution in [2.24, 2.45) is 0 Å². The maximum atomic E-state index is 12.5. The number of likely N-dealkylation sites (N-methyl/N-ethyl adjacent to an activating group) is 2. The third-order valence-electron chi connectivity index (χ3n) is 14.2. The summed E-state index contributed by atoms with van der Waals surface area (Å²) in [6.07, 6.45) is 3.26. The first kappa shape index (κ1) is 56.9. The highest BCUT2D eigenvalue weighted by atomic mass is 16.8. The molecule has 3 fully saturated rings. The average Bonchev–Trinajstić information content (AvgIpc) is 4.25. The maximum absolute atomic E-state index is 12.5. The van der Waals surface area contributed by atoms with E-state index in [1.54, 1.807) is 10.9 Å². The Bertz CT molecular complexity index is 2940. The predicted octanol–water partition coefficient (Wildman–Crippen LogP) is 3.81. The van der Waals surface area contributed by atoms with Gasteiger partial charge in [0.25, 0.3) is 0 Å². The van der Waals surface area contributed by atoms with E-state index in [-0.39, 0.29) is 46.8 Å². The summed E-state index contributed by atoms with van der Waals surface area (Å²) in [6, 6.07) is 16.5. The van der Waals surface area contributed by atoms with Crippen LogP contribution in [0.25, 0.3) is 22.3 Å². The number of nitrogens with zero attached hydrogens (tertiary/aromatic N) is 10. The molecule has 0 spiro atoms. The molecule has 0 radical (unpaired) electrons. The summed E-state index contributed by atoms with van der Waals surface area (Å²) < 4.78 is 28.4. The van der Waals surface area contributed by atoms with E-state index in [0.717, 1.165) is 30.5 Å². The summed E-state index contributed by atoms with van der Waals surface area (Å²) in [7, 11) is 3.96. The number of aliphatic hydroxyl groups excluding tert-OH is 2. The third kappa shape index (κ3) is 13.9. The van der Waals surface area contributed by atoms with E-state index < -0.39 is 36.6 Å². The van der Waals surface area contributed by atoms with Gasteiger partial charge in [0.05, 0.1) is 25.5 Å². The first-order chi connectivity index (χ1) is 36.5. The van der Waals surface area contributed by atoms with Gasteiger partial charge in [-0.2, -0.15) is 0 Å². The Kier molecular flexibility index (Phi) is 17.6. The van der Waals surface area contributed by atoms with Gasteiger partial charge in [-0.15, -0.1) is 0 Å². The highest BCUT2D eigenvalue weighted by Crippen LogP contribution is 2.44. The number of aromatic nitrogens is 8. The SMILES string of the molecule is CN(CCCNC(=O)Cc1ccc(C(C)(C)C)cc1)C[C@H]1O[C@@H](n2cnc3c(N)ncnc32)[C@@H]2OC(C)(C)O[C@@H]21.CN(CCCNC(=O)Cc1ccc(C(C)(C)C)cc1)C[C@H]1O[C@@H](n2cnc3c(N)ncnc32)[C@H](O)[C@@H]1O. The van der Waals surface area contributed by atoms with Crippen molar-refractivity contribution in [1.29, 1.82) is 0 Å². The Hall–Kier alpha value is -6.24. The molecule has 3 aliphatic heterocycles. The van der Waals surface area contributed by atoms with Gasteiger partial charge in [-0.25, -0.2) is 29.9 Å². The summed E-state index contributed by atoms with van der Waals surface area (Å²) >= 11 is 0. The van der Waals surface area contributed by atoms with E-state index in [0.29, 0.717) is 73.7 Å². The van der Waals surface area contributed by atoms with Gasteiger partial charge in [-0.3, -0.25) is 18.7 Å². The van der Waals surface area contributed by atoms with Crippen LogP contribution < -0.4 is 22.1 Å². The molecule has 2 aromatic carbocycles. The van der Waals surface area contributed by atoms with Crippen molar-refractivity contribution in [3.05, 3.63) is 96.1 Å². The number of benzene rings is 2. The lowest BCUT2D eigenvalue weighted by molar-refractivity contribution is -0.197. The number of rotatable bonds is 18. The molecule has 6 aromatic rings. The van der Waals surface area contributed by atoms with Gasteiger partial charge in [0.15, 0.2) is 41.2 Å². The minimum atomic E-state index is -1.15. The van der Waals surface area contributed by atoms with Crippen LogP contribution >= 0.6 is 0 Å². The van der Waals surface area contributed by atoms with Crippen molar-refractivity contribution < 1.29 is 38.7 Å². The van der Waals surface area contributed by atoms with Gasteiger partial charge >= 0.3 is 0 Å². The number of hydrogen-bond acceptors (Lipinski definition) is 18. The number of amides is 2. The Morgan fingerprint density at radius 3 is 1.52 bits per heavy atom. The third-order valence-corrected chi connectivity index (χ3v) is 14.2. The van der Waals surface area contributed by atoms with Crippen LogP contribution in [0.1, 0.15) is 103 Å².